The minimum Gasteiger partial charge on any atom is -0.391 e. The van der Waals surface area contributed by atoms with Crippen LogP contribution in [-0.2, 0) is 11.4 Å². The van der Waals surface area contributed by atoms with Gasteiger partial charge in [0.2, 0.25) is 0 Å². The second kappa shape index (κ2) is 6.47. The SMILES string of the molecule is FC(F)c1cccc(CO/N=[C]\C2CCCC2)c1. The Morgan fingerprint density at radius 2 is 2.11 bits per heavy atom. The summed E-state index contributed by atoms with van der Waals surface area (Å²) in [5.41, 5.74) is 0.713. The molecule has 4 heteroatoms. The molecule has 1 aromatic rings. The number of nitrogens with zero attached hydrogens (tertiary/aromatic N) is 1. The highest BCUT2D eigenvalue weighted by Gasteiger charge is 2.13. The lowest BCUT2D eigenvalue weighted by Crippen LogP contribution is -1.96. The third-order valence-corrected chi connectivity index (χ3v) is 3.09. The molecule has 2 rings (SSSR count). The van der Waals surface area contributed by atoms with Gasteiger partial charge in [-0.2, -0.15) is 0 Å². The molecule has 0 bridgehead atoms. The maximum Gasteiger partial charge on any atom is 0.263 e. The van der Waals surface area contributed by atoms with E-state index in [2.05, 4.69) is 11.4 Å². The van der Waals surface area contributed by atoms with Crippen LogP contribution in [0.15, 0.2) is 29.4 Å². The minimum absolute atomic E-state index is 0.0138. The summed E-state index contributed by atoms with van der Waals surface area (Å²) in [5.74, 6) is 0.400. The van der Waals surface area contributed by atoms with E-state index in [0.717, 1.165) is 12.8 Å². The molecule has 0 aromatic heterocycles. The number of alkyl halides is 2. The summed E-state index contributed by atoms with van der Waals surface area (Å²) in [6, 6.07) is 6.19. The van der Waals surface area contributed by atoms with Crippen molar-refractivity contribution in [2.24, 2.45) is 11.1 Å². The normalized spacial score (nSPS) is 16.8. The fourth-order valence-corrected chi connectivity index (χ4v) is 2.09. The predicted octanol–water partition coefficient (Wildman–Crippen LogP) is 4.19. The first-order valence-electron chi connectivity index (χ1n) is 6.20. The molecule has 18 heavy (non-hydrogen) atoms. The van der Waals surface area contributed by atoms with E-state index < -0.39 is 6.43 Å². The average molecular weight is 252 g/mol. The van der Waals surface area contributed by atoms with Gasteiger partial charge in [-0.3, -0.25) is 0 Å². The molecule has 0 spiro atoms. The van der Waals surface area contributed by atoms with Crippen LogP contribution < -0.4 is 0 Å². The first-order chi connectivity index (χ1) is 8.75. The van der Waals surface area contributed by atoms with Crippen LogP contribution in [0.4, 0.5) is 8.78 Å². The highest BCUT2D eigenvalue weighted by molar-refractivity contribution is 5.60. The van der Waals surface area contributed by atoms with Gasteiger partial charge in [-0.15, -0.1) is 0 Å². The maximum absolute atomic E-state index is 12.5. The van der Waals surface area contributed by atoms with Crippen LogP contribution in [0.2, 0.25) is 0 Å². The predicted molar refractivity (Wildman–Crippen MR) is 65.6 cm³/mol. The smallest absolute Gasteiger partial charge is 0.263 e. The Morgan fingerprint density at radius 3 is 2.83 bits per heavy atom. The monoisotopic (exact) mass is 252 g/mol. The molecule has 1 aliphatic carbocycles. The zero-order chi connectivity index (χ0) is 12.8. The van der Waals surface area contributed by atoms with E-state index in [1.54, 1.807) is 12.1 Å². The summed E-state index contributed by atoms with van der Waals surface area (Å²) in [6.45, 7) is 0.209. The Hall–Kier alpha value is -1.45. The van der Waals surface area contributed by atoms with Crippen molar-refractivity contribution >= 4 is 6.21 Å². The lowest BCUT2D eigenvalue weighted by molar-refractivity contribution is 0.129. The number of hydrogen-bond donors (Lipinski definition) is 0. The molecule has 0 heterocycles. The van der Waals surface area contributed by atoms with Gasteiger partial charge in [0.25, 0.3) is 6.43 Å². The number of halogens is 2. The molecule has 2 nitrogen and oxygen atoms in total. The van der Waals surface area contributed by atoms with E-state index in [1.807, 2.05) is 0 Å². The molecule has 0 unspecified atom stereocenters. The van der Waals surface area contributed by atoms with Crippen LogP contribution in [-0.4, -0.2) is 6.21 Å². The van der Waals surface area contributed by atoms with Gasteiger partial charge in [0.1, 0.15) is 12.8 Å². The fraction of sp³-hybridized carbons (Fsp3) is 0.500. The van der Waals surface area contributed by atoms with Gasteiger partial charge in [-0.25, -0.2) is 8.78 Å². The summed E-state index contributed by atoms with van der Waals surface area (Å²) in [7, 11) is 0. The van der Waals surface area contributed by atoms with Crippen molar-refractivity contribution in [1.29, 1.82) is 0 Å². The van der Waals surface area contributed by atoms with Crippen LogP contribution in [0, 0.1) is 5.92 Å². The third kappa shape index (κ3) is 3.79. The van der Waals surface area contributed by atoms with Crippen LogP contribution in [0.3, 0.4) is 0 Å². The second-order valence-electron chi connectivity index (χ2n) is 4.52. The molecule has 0 atom stereocenters. The zero-order valence-electron chi connectivity index (χ0n) is 10.1. The molecule has 1 aromatic carbocycles. The molecule has 0 aliphatic heterocycles. The molecule has 1 aliphatic rings. The van der Waals surface area contributed by atoms with Crippen molar-refractivity contribution in [2.75, 3.05) is 0 Å². The Morgan fingerprint density at radius 1 is 1.33 bits per heavy atom. The number of benzene rings is 1. The summed E-state index contributed by atoms with van der Waals surface area (Å²) in [6.07, 6.45) is 5.19. The van der Waals surface area contributed by atoms with E-state index in [1.165, 1.54) is 25.0 Å². The van der Waals surface area contributed by atoms with E-state index in [0.29, 0.717) is 11.5 Å². The molecule has 0 amide bonds. The standard InChI is InChI=1S/C14H16F2NO/c15-14(16)13-7-3-6-12(8-13)10-18-17-9-11-4-1-2-5-11/h3,6-8,11,14H,1-2,4-5,10H2. The van der Waals surface area contributed by atoms with Gasteiger partial charge in [0, 0.05) is 11.5 Å². The number of hydrogen-bond acceptors (Lipinski definition) is 2. The zero-order valence-corrected chi connectivity index (χ0v) is 10.1. The highest BCUT2D eigenvalue weighted by Crippen LogP contribution is 2.23. The molecular formula is C14H16F2NO. The summed E-state index contributed by atoms with van der Waals surface area (Å²) >= 11 is 0. The Bertz CT molecular complexity index is 401. The highest BCUT2D eigenvalue weighted by atomic mass is 19.3. The van der Waals surface area contributed by atoms with E-state index >= 15 is 0 Å². The molecule has 1 fully saturated rings. The van der Waals surface area contributed by atoms with Crippen molar-refractivity contribution in [3.8, 4) is 0 Å². The van der Waals surface area contributed by atoms with Crippen molar-refractivity contribution in [3.63, 3.8) is 0 Å². The summed E-state index contributed by atoms with van der Waals surface area (Å²) in [5, 5.41) is 3.79. The topological polar surface area (TPSA) is 21.6 Å². The molecule has 97 valence electrons. The Labute approximate surface area is 106 Å². The minimum atomic E-state index is -2.45. The van der Waals surface area contributed by atoms with Gasteiger partial charge in [0.15, 0.2) is 0 Å². The van der Waals surface area contributed by atoms with Gasteiger partial charge in [-0.05, 0) is 24.5 Å². The van der Waals surface area contributed by atoms with Crippen molar-refractivity contribution < 1.29 is 13.6 Å². The quantitative estimate of drug-likeness (QED) is 0.568. The average Bonchev–Trinajstić information content (AvgIpc) is 2.88. The second-order valence-corrected chi connectivity index (χ2v) is 4.52. The van der Waals surface area contributed by atoms with Crippen LogP contribution >= 0.6 is 0 Å². The van der Waals surface area contributed by atoms with Crippen LogP contribution in [0.1, 0.15) is 43.2 Å². The molecular weight excluding hydrogens is 236 g/mol. The van der Waals surface area contributed by atoms with Crippen molar-refractivity contribution in [2.45, 2.75) is 38.7 Å². The van der Waals surface area contributed by atoms with E-state index in [9.17, 15) is 8.78 Å². The first kappa shape index (κ1) is 13.0. The van der Waals surface area contributed by atoms with Crippen molar-refractivity contribution in [1.82, 2.24) is 0 Å². The summed E-state index contributed by atoms with van der Waals surface area (Å²) < 4.78 is 24.9. The van der Waals surface area contributed by atoms with Crippen LogP contribution in [0.5, 0.6) is 0 Å². The van der Waals surface area contributed by atoms with Gasteiger partial charge >= 0.3 is 0 Å². The maximum atomic E-state index is 12.5. The molecule has 0 saturated heterocycles. The molecule has 1 radical (unpaired) electrons. The van der Waals surface area contributed by atoms with Gasteiger partial charge < -0.3 is 4.84 Å². The largest absolute Gasteiger partial charge is 0.391 e. The third-order valence-electron chi connectivity index (χ3n) is 3.09. The molecule has 0 N–H and O–H groups in total. The van der Waals surface area contributed by atoms with E-state index in [-0.39, 0.29) is 12.2 Å². The van der Waals surface area contributed by atoms with E-state index in [4.69, 9.17) is 4.84 Å². The van der Waals surface area contributed by atoms with Crippen molar-refractivity contribution in [3.05, 3.63) is 35.4 Å². The first-order valence-corrected chi connectivity index (χ1v) is 6.20. The van der Waals surface area contributed by atoms with Gasteiger partial charge in [-0.1, -0.05) is 36.2 Å². The number of rotatable bonds is 5. The summed E-state index contributed by atoms with van der Waals surface area (Å²) in [4.78, 5) is 5.09. The molecule has 1 saturated carbocycles. The fourth-order valence-electron chi connectivity index (χ4n) is 2.09. The Kier molecular flexibility index (Phi) is 4.67. The van der Waals surface area contributed by atoms with Gasteiger partial charge in [0.05, 0.1) is 0 Å². The lowest BCUT2D eigenvalue weighted by atomic mass is 10.1. The Balaban J connectivity index is 1.80. The lowest BCUT2D eigenvalue weighted by Gasteiger charge is -2.04. The van der Waals surface area contributed by atoms with Crippen LogP contribution in [0.25, 0.3) is 0 Å².